The van der Waals surface area contributed by atoms with Gasteiger partial charge in [-0.15, -0.1) is 5.10 Å². The zero-order valence-corrected chi connectivity index (χ0v) is 21.8. The van der Waals surface area contributed by atoms with E-state index in [1.807, 2.05) is 0 Å². The van der Waals surface area contributed by atoms with E-state index >= 15 is 0 Å². The van der Waals surface area contributed by atoms with Crippen molar-refractivity contribution in [2.24, 2.45) is 0 Å². The Balaban J connectivity index is 1.46. The molecule has 3 saturated heterocycles. The summed E-state index contributed by atoms with van der Waals surface area (Å²) in [5.74, 6) is 0. The maximum Gasteiger partial charge on any atom is 0.187 e. The molecule has 3 fully saturated rings. The number of hydrogen-bond acceptors (Lipinski definition) is 18. The van der Waals surface area contributed by atoms with Gasteiger partial charge in [0, 0.05) is 0 Å². The van der Waals surface area contributed by atoms with Gasteiger partial charge < -0.3 is 79.9 Å². The van der Waals surface area contributed by atoms with E-state index in [-0.39, 0.29) is 11.4 Å². The highest BCUT2D eigenvalue weighted by molar-refractivity contribution is 5.10. The summed E-state index contributed by atoms with van der Waals surface area (Å²) in [5.41, 5.74) is 0.144. The average Bonchev–Trinajstić information content (AvgIpc) is 3.37. The summed E-state index contributed by atoms with van der Waals surface area (Å²) in [7, 11) is 0. The van der Waals surface area contributed by atoms with Crippen LogP contribution in [0.3, 0.4) is 0 Å². The molecule has 0 saturated carbocycles. The Morgan fingerprint density at radius 1 is 0.683 bits per heavy atom. The number of aliphatic hydroxyl groups is 11. The minimum atomic E-state index is -1.91. The third-order valence-electron chi connectivity index (χ3n) is 7.50. The summed E-state index contributed by atoms with van der Waals surface area (Å²) in [6.07, 6.45) is -22.8. The minimum absolute atomic E-state index is 0.0575. The van der Waals surface area contributed by atoms with Crippen LogP contribution in [0.5, 0.6) is 0 Å². The zero-order valence-electron chi connectivity index (χ0n) is 21.8. The van der Waals surface area contributed by atoms with Crippen molar-refractivity contribution in [1.29, 1.82) is 0 Å². The van der Waals surface area contributed by atoms with Crippen LogP contribution < -0.4 is 0 Å². The van der Waals surface area contributed by atoms with Crippen molar-refractivity contribution in [2.75, 3.05) is 13.2 Å². The average molecular weight is 600 g/mol. The first-order valence-electron chi connectivity index (χ1n) is 12.9. The number of hydrogen-bond donors (Lipinski definition) is 11. The molecular weight excluding hydrogens is 562 g/mol. The lowest BCUT2D eigenvalue weighted by Crippen LogP contribution is -2.66. The maximum atomic E-state index is 10.9. The minimum Gasteiger partial charge on any atom is -0.394 e. The monoisotopic (exact) mass is 599 g/mol. The SMILES string of the molecule is C[C@H]1O[C@H](O[C@H]2[C@H](O)[C@@H](O)[C@@H](O[C@H]3[C@H](O)[C@@H](O)[C@H](O)O[C@@H]3CO)O[C@@H]2CO)[C@H](O)[C@@H](O)[C@@H]1n1nnc(CO)c1CO. The van der Waals surface area contributed by atoms with Crippen LogP contribution in [-0.4, -0.2) is 170 Å². The number of aliphatic hydroxyl groups excluding tert-OH is 11. The topological polar surface area (TPSA) is 299 Å². The van der Waals surface area contributed by atoms with Crippen LogP contribution in [0.25, 0.3) is 0 Å². The summed E-state index contributed by atoms with van der Waals surface area (Å²) in [4.78, 5) is 0. The van der Waals surface area contributed by atoms with Gasteiger partial charge in [0.15, 0.2) is 18.9 Å². The van der Waals surface area contributed by atoms with Gasteiger partial charge in [0.1, 0.15) is 72.8 Å². The van der Waals surface area contributed by atoms with Crippen molar-refractivity contribution >= 4 is 0 Å². The molecule has 0 unspecified atom stereocenters. The van der Waals surface area contributed by atoms with Crippen LogP contribution in [0.1, 0.15) is 24.4 Å². The largest absolute Gasteiger partial charge is 0.394 e. The Kier molecular flexibility index (Phi) is 10.6. The second-order valence-corrected chi connectivity index (χ2v) is 10.1. The maximum absolute atomic E-state index is 10.9. The van der Waals surface area contributed by atoms with Crippen molar-refractivity contribution < 1.29 is 79.9 Å². The molecule has 0 radical (unpaired) electrons. The number of rotatable bonds is 9. The summed E-state index contributed by atoms with van der Waals surface area (Å²) < 4.78 is 28.5. The molecule has 1 aromatic rings. The summed E-state index contributed by atoms with van der Waals surface area (Å²) >= 11 is 0. The smallest absolute Gasteiger partial charge is 0.187 e. The van der Waals surface area contributed by atoms with Crippen LogP contribution in [0.4, 0.5) is 0 Å². The first-order chi connectivity index (χ1) is 19.5. The highest BCUT2D eigenvalue weighted by atomic mass is 16.7. The third-order valence-corrected chi connectivity index (χ3v) is 7.50. The summed E-state index contributed by atoms with van der Waals surface area (Å²) in [6, 6.07) is -1.08. The molecule has 11 N–H and O–H groups in total. The van der Waals surface area contributed by atoms with Gasteiger partial charge in [-0.25, -0.2) is 4.68 Å². The van der Waals surface area contributed by atoms with Gasteiger partial charge in [-0.1, -0.05) is 5.21 Å². The molecule has 0 bridgehead atoms. The van der Waals surface area contributed by atoms with Crippen LogP contribution in [-0.2, 0) is 36.9 Å². The van der Waals surface area contributed by atoms with Crippen LogP contribution in [0, 0.1) is 0 Å². The van der Waals surface area contributed by atoms with Gasteiger partial charge in [0.2, 0.25) is 0 Å². The lowest BCUT2D eigenvalue weighted by molar-refractivity contribution is -0.374. The summed E-state index contributed by atoms with van der Waals surface area (Å²) in [5, 5.41) is 119. The second kappa shape index (κ2) is 13.4. The Labute approximate surface area is 232 Å². The number of ether oxygens (including phenoxy) is 5. The quantitative estimate of drug-likeness (QED) is 0.126. The normalized spacial score (nSPS) is 45.6. The van der Waals surface area contributed by atoms with Crippen LogP contribution >= 0.6 is 0 Å². The van der Waals surface area contributed by atoms with Gasteiger partial charge in [-0.05, 0) is 6.92 Å². The fraction of sp³-hybridized carbons (Fsp3) is 0.909. The molecular formula is C22H37N3O16. The molecule has 0 aliphatic carbocycles. The van der Waals surface area contributed by atoms with Crippen molar-refractivity contribution in [3.8, 4) is 0 Å². The molecule has 1 aromatic heterocycles. The van der Waals surface area contributed by atoms with Gasteiger partial charge >= 0.3 is 0 Å². The molecule has 4 heterocycles. The molecule has 0 aromatic carbocycles. The number of nitrogens with zero attached hydrogens (tertiary/aromatic N) is 3. The summed E-state index contributed by atoms with van der Waals surface area (Å²) in [6.45, 7) is -1.20. The molecule has 19 heteroatoms. The van der Waals surface area contributed by atoms with E-state index in [4.69, 9.17) is 23.7 Å². The van der Waals surface area contributed by atoms with E-state index in [1.54, 1.807) is 0 Å². The van der Waals surface area contributed by atoms with Crippen LogP contribution in [0.15, 0.2) is 0 Å². The highest BCUT2D eigenvalue weighted by Crippen LogP contribution is 2.35. The molecule has 3 aliphatic rings. The van der Waals surface area contributed by atoms with Gasteiger partial charge in [0.05, 0.1) is 38.2 Å². The van der Waals surface area contributed by atoms with Crippen molar-refractivity contribution in [3.63, 3.8) is 0 Å². The van der Waals surface area contributed by atoms with Gasteiger partial charge in [-0.2, -0.15) is 0 Å². The Morgan fingerprint density at radius 3 is 1.78 bits per heavy atom. The predicted molar refractivity (Wildman–Crippen MR) is 125 cm³/mol. The van der Waals surface area contributed by atoms with Crippen LogP contribution in [0.2, 0.25) is 0 Å². The first kappa shape index (κ1) is 32.4. The molecule has 0 spiro atoms. The number of aromatic nitrogens is 3. The van der Waals surface area contributed by atoms with E-state index in [1.165, 1.54) is 6.92 Å². The Morgan fingerprint density at radius 2 is 1.22 bits per heavy atom. The lowest BCUT2D eigenvalue weighted by Gasteiger charge is -2.48. The predicted octanol–water partition coefficient (Wildman–Crippen LogP) is -7.09. The zero-order chi connectivity index (χ0) is 30.2. The van der Waals surface area contributed by atoms with E-state index in [2.05, 4.69) is 10.3 Å². The fourth-order valence-corrected chi connectivity index (χ4v) is 5.22. The van der Waals surface area contributed by atoms with E-state index < -0.39 is 118 Å². The van der Waals surface area contributed by atoms with E-state index in [9.17, 15) is 56.2 Å². The molecule has 3 aliphatic heterocycles. The van der Waals surface area contributed by atoms with Crippen molar-refractivity contribution in [3.05, 3.63) is 11.4 Å². The molecule has 19 nitrogen and oxygen atoms in total. The van der Waals surface area contributed by atoms with E-state index in [0.29, 0.717) is 0 Å². The molecule has 15 atom stereocenters. The lowest BCUT2D eigenvalue weighted by atomic mass is 9.95. The second-order valence-electron chi connectivity index (χ2n) is 10.1. The van der Waals surface area contributed by atoms with E-state index in [0.717, 1.165) is 4.68 Å². The van der Waals surface area contributed by atoms with Crippen molar-refractivity contribution in [1.82, 2.24) is 15.0 Å². The highest BCUT2D eigenvalue weighted by Gasteiger charge is 2.53. The molecule has 4 rings (SSSR count). The van der Waals surface area contributed by atoms with Crippen molar-refractivity contribution in [2.45, 2.75) is 112 Å². The first-order valence-corrected chi connectivity index (χ1v) is 12.9. The standard InChI is InChI=1S/C22H37N3O16/c1-6-11(25-8(3-27)7(2-26)23-24-25)12(30)16(34)21(37-6)40-19-10(5-29)39-22(17(35)14(19)32)41-18-9(4-28)38-20(36)15(33)13(18)31/h6,9-22,26-36H,2-5H2,1H3/t6-,9-,10-,11-,12+,13-,14-,15-,16-,17-,18-,19-,20-,21-,22-/m1/s1. The molecule has 236 valence electrons. The third kappa shape index (κ3) is 6.13. The van der Waals surface area contributed by atoms with Gasteiger partial charge in [-0.3, -0.25) is 0 Å². The Bertz CT molecular complexity index is 985. The van der Waals surface area contributed by atoms with Gasteiger partial charge in [0.25, 0.3) is 0 Å². The Hall–Kier alpha value is -1.50. The molecule has 0 amide bonds. The molecule has 41 heavy (non-hydrogen) atoms. The fourth-order valence-electron chi connectivity index (χ4n) is 5.22.